The van der Waals surface area contributed by atoms with Gasteiger partial charge >= 0.3 is 5.97 Å². The number of aromatic carboxylic acids is 1. The lowest BCUT2D eigenvalue weighted by Gasteiger charge is -2.35. The van der Waals surface area contributed by atoms with Crippen molar-refractivity contribution in [1.82, 2.24) is 15.0 Å². The van der Waals surface area contributed by atoms with Crippen LogP contribution < -0.4 is 4.90 Å². The third kappa shape index (κ3) is 3.13. The highest BCUT2D eigenvalue weighted by Gasteiger charge is 2.29. The van der Waals surface area contributed by atoms with Gasteiger partial charge in [-0.25, -0.2) is 4.79 Å². The van der Waals surface area contributed by atoms with Gasteiger partial charge in [-0.2, -0.15) is 0 Å². The largest absolute Gasteiger partial charge is 0.476 e. The van der Waals surface area contributed by atoms with Crippen LogP contribution in [0, 0.1) is 0 Å². The van der Waals surface area contributed by atoms with Crippen molar-refractivity contribution in [1.29, 1.82) is 0 Å². The highest BCUT2D eigenvalue weighted by atomic mass is 16.4. The van der Waals surface area contributed by atoms with Gasteiger partial charge in [0.15, 0.2) is 5.82 Å². The van der Waals surface area contributed by atoms with Crippen LogP contribution in [-0.4, -0.2) is 38.7 Å². The second-order valence-corrected chi connectivity index (χ2v) is 6.24. The van der Waals surface area contributed by atoms with E-state index in [1.54, 1.807) is 0 Å². The van der Waals surface area contributed by atoms with E-state index in [9.17, 15) is 9.90 Å². The van der Waals surface area contributed by atoms with E-state index in [1.807, 2.05) is 24.3 Å². The second-order valence-electron chi connectivity index (χ2n) is 6.24. The molecule has 1 aliphatic rings. The first kappa shape index (κ1) is 16.5. The van der Waals surface area contributed by atoms with E-state index < -0.39 is 5.97 Å². The summed E-state index contributed by atoms with van der Waals surface area (Å²) in [4.78, 5) is 15.2. The van der Waals surface area contributed by atoms with Gasteiger partial charge in [0.25, 0.3) is 0 Å². The van der Waals surface area contributed by atoms with Gasteiger partial charge in [0, 0.05) is 12.6 Å². The fraction of sp³-hybridized carbons (Fsp3) is 0.500. The lowest BCUT2D eigenvalue weighted by atomic mass is 10.00. The first-order chi connectivity index (χ1) is 11.6. The quantitative estimate of drug-likeness (QED) is 0.912. The van der Waals surface area contributed by atoms with Gasteiger partial charge in [0.05, 0.1) is 5.69 Å². The normalized spacial score (nSPS) is 17.9. The number of benzene rings is 1. The Labute approximate surface area is 142 Å². The highest BCUT2D eigenvalue weighted by molar-refractivity contribution is 5.91. The average Bonchev–Trinajstić information content (AvgIpc) is 3.07. The third-order valence-corrected chi connectivity index (χ3v) is 4.74. The van der Waals surface area contributed by atoms with Crippen LogP contribution in [0.25, 0.3) is 5.69 Å². The van der Waals surface area contributed by atoms with Crippen LogP contribution in [0.15, 0.2) is 24.3 Å². The molecule has 1 aromatic carbocycles. The van der Waals surface area contributed by atoms with Crippen molar-refractivity contribution in [3.8, 4) is 5.69 Å². The summed E-state index contributed by atoms with van der Waals surface area (Å²) < 4.78 is 0. The molecular formula is C18H24N4O2. The molecule has 128 valence electrons. The van der Waals surface area contributed by atoms with Crippen molar-refractivity contribution in [2.24, 2.45) is 0 Å². The molecule has 1 aromatic heterocycles. The average molecular weight is 328 g/mol. The van der Waals surface area contributed by atoms with E-state index in [0.717, 1.165) is 37.9 Å². The molecule has 3 rings (SSSR count). The number of hydrogen-bond donors (Lipinski definition) is 1. The lowest BCUT2D eigenvalue weighted by molar-refractivity contribution is 0.0690. The number of aromatic nitrogens is 3. The number of piperidine rings is 1. The van der Waals surface area contributed by atoms with Gasteiger partial charge in [-0.05, 0) is 49.8 Å². The number of hydrogen-bond acceptors (Lipinski definition) is 4. The van der Waals surface area contributed by atoms with E-state index >= 15 is 0 Å². The number of rotatable bonds is 5. The predicted molar refractivity (Wildman–Crippen MR) is 93.0 cm³/mol. The van der Waals surface area contributed by atoms with E-state index in [0.29, 0.717) is 11.9 Å². The summed E-state index contributed by atoms with van der Waals surface area (Å²) >= 11 is 0. The number of carboxylic acid groups (broad SMARTS) is 1. The van der Waals surface area contributed by atoms with E-state index in [-0.39, 0.29) is 5.69 Å². The second kappa shape index (κ2) is 7.03. The lowest BCUT2D eigenvalue weighted by Crippen LogP contribution is -2.40. The fourth-order valence-electron chi connectivity index (χ4n) is 3.32. The number of carbonyl (C=O) groups is 1. The van der Waals surface area contributed by atoms with Crippen LogP contribution in [-0.2, 0) is 6.42 Å². The minimum atomic E-state index is -1.03. The fourth-order valence-corrected chi connectivity index (χ4v) is 3.32. The van der Waals surface area contributed by atoms with Crippen molar-refractivity contribution >= 4 is 11.8 Å². The smallest absolute Gasteiger partial charge is 0.360 e. The maximum Gasteiger partial charge on any atom is 0.360 e. The summed E-state index contributed by atoms with van der Waals surface area (Å²) in [5.74, 6) is -0.532. The Morgan fingerprint density at radius 2 is 1.96 bits per heavy atom. The summed E-state index contributed by atoms with van der Waals surface area (Å²) in [6.07, 6.45) is 5.27. The standard InChI is InChI=1S/C18H24N4O2/c1-3-13-8-10-15(11-9-13)22-19-16(18(23)24)17(20-22)21-12-6-5-7-14(21)4-2/h8-11,14H,3-7,12H2,1-2H3,(H,23,24)/t14-/m1/s1. The van der Waals surface area contributed by atoms with Gasteiger partial charge in [0.2, 0.25) is 5.69 Å². The van der Waals surface area contributed by atoms with Crippen LogP contribution in [0.2, 0.25) is 0 Å². The number of carboxylic acids is 1. The summed E-state index contributed by atoms with van der Waals surface area (Å²) in [6, 6.07) is 8.25. The van der Waals surface area contributed by atoms with Gasteiger partial charge < -0.3 is 10.0 Å². The van der Waals surface area contributed by atoms with Crippen LogP contribution in [0.3, 0.4) is 0 Å². The Morgan fingerprint density at radius 3 is 2.58 bits per heavy atom. The molecule has 0 bridgehead atoms. The molecule has 0 spiro atoms. The SMILES string of the molecule is CCc1ccc(-n2nc(C(=O)O)c(N3CCCC[C@H]3CC)n2)cc1. The molecule has 0 amide bonds. The van der Waals surface area contributed by atoms with Gasteiger partial charge in [-0.1, -0.05) is 26.0 Å². The zero-order valence-corrected chi connectivity index (χ0v) is 14.3. The molecule has 0 radical (unpaired) electrons. The number of aryl methyl sites for hydroxylation is 1. The molecular weight excluding hydrogens is 304 g/mol. The molecule has 0 saturated carbocycles. The number of anilines is 1. The topological polar surface area (TPSA) is 71.2 Å². The first-order valence-electron chi connectivity index (χ1n) is 8.70. The van der Waals surface area contributed by atoms with Crippen molar-refractivity contribution in [3.05, 3.63) is 35.5 Å². The molecule has 6 heteroatoms. The Balaban J connectivity index is 1.99. The predicted octanol–water partition coefficient (Wildman–Crippen LogP) is 3.30. The minimum absolute atomic E-state index is 0.0370. The summed E-state index contributed by atoms with van der Waals surface area (Å²) in [5, 5.41) is 18.3. The zero-order chi connectivity index (χ0) is 17.1. The first-order valence-corrected chi connectivity index (χ1v) is 8.70. The van der Waals surface area contributed by atoms with Crippen LogP contribution in [0.5, 0.6) is 0 Å². The van der Waals surface area contributed by atoms with Gasteiger partial charge in [0.1, 0.15) is 0 Å². The molecule has 24 heavy (non-hydrogen) atoms. The molecule has 0 unspecified atom stereocenters. The van der Waals surface area contributed by atoms with E-state index in [2.05, 4.69) is 28.9 Å². The van der Waals surface area contributed by atoms with Crippen LogP contribution >= 0.6 is 0 Å². The maximum atomic E-state index is 11.7. The van der Waals surface area contributed by atoms with Gasteiger partial charge in [-0.3, -0.25) is 0 Å². The van der Waals surface area contributed by atoms with Crippen molar-refractivity contribution < 1.29 is 9.90 Å². The zero-order valence-electron chi connectivity index (χ0n) is 14.3. The highest BCUT2D eigenvalue weighted by Crippen LogP contribution is 2.27. The molecule has 1 atom stereocenters. The Kier molecular flexibility index (Phi) is 4.83. The molecule has 1 aliphatic heterocycles. The van der Waals surface area contributed by atoms with E-state index in [4.69, 9.17) is 0 Å². The summed E-state index contributed by atoms with van der Waals surface area (Å²) in [6.45, 7) is 5.08. The van der Waals surface area contributed by atoms with Crippen molar-refractivity contribution in [2.45, 2.75) is 52.0 Å². The maximum absolute atomic E-state index is 11.7. The molecule has 0 aliphatic carbocycles. The van der Waals surface area contributed by atoms with Crippen molar-refractivity contribution in [2.75, 3.05) is 11.4 Å². The molecule has 6 nitrogen and oxygen atoms in total. The molecule has 2 heterocycles. The van der Waals surface area contributed by atoms with Crippen LogP contribution in [0.1, 0.15) is 55.6 Å². The monoisotopic (exact) mass is 328 g/mol. The third-order valence-electron chi connectivity index (χ3n) is 4.74. The Hall–Kier alpha value is -2.37. The van der Waals surface area contributed by atoms with E-state index in [1.165, 1.54) is 16.8 Å². The minimum Gasteiger partial charge on any atom is -0.476 e. The Morgan fingerprint density at radius 1 is 1.21 bits per heavy atom. The van der Waals surface area contributed by atoms with Crippen LogP contribution in [0.4, 0.5) is 5.82 Å². The van der Waals surface area contributed by atoms with Crippen molar-refractivity contribution in [3.63, 3.8) is 0 Å². The summed E-state index contributed by atoms with van der Waals surface area (Å²) in [7, 11) is 0. The molecule has 1 saturated heterocycles. The molecule has 1 N–H and O–H groups in total. The molecule has 2 aromatic rings. The van der Waals surface area contributed by atoms with Gasteiger partial charge in [-0.15, -0.1) is 15.0 Å². The Bertz CT molecular complexity index is 708. The molecule has 1 fully saturated rings. The number of nitrogens with zero attached hydrogens (tertiary/aromatic N) is 4. The summed E-state index contributed by atoms with van der Waals surface area (Å²) in [5.41, 5.74) is 2.05.